The molecule has 0 aliphatic rings. The normalized spacial score (nSPS) is 11.5. The van der Waals surface area contributed by atoms with E-state index >= 15 is 0 Å². The molecule has 0 saturated carbocycles. The number of carbonyl (C=O) groups is 3. The zero-order valence-corrected chi connectivity index (χ0v) is 18.1. The molecule has 0 bridgehead atoms. The van der Waals surface area contributed by atoms with Gasteiger partial charge >= 0.3 is 17.9 Å². The van der Waals surface area contributed by atoms with Crippen molar-refractivity contribution in [3.05, 3.63) is 90.8 Å². The fourth-order valence-electron chi connectivity index (χ4n) is 2.09. The zero-order chi connectivity index (χ0) is 23.2. The Balaban J connectivity index is 2.55. The van der Waals surface area contributed by atoms with Crippen molar-refractivity contribution in [1.82, 2.24) is 0 Å². The number of rotatable bonds is 11. The van der Waals surface area contributed by atoms with Gasteiger partial charge in [0, 0.05) is 18.6 Å². The predicted molar refractivity (Wildman–Crippen MR) is 119 cm³/mol. The largest absolute Gasteiger partial charge is 0.462 e. The molecular weight excluding hydrogens is 396 g/mol. The molecule has 0 spiro atoms. The molecule has 0 N–H and O–H groups in total. The molecule has 0 heterocycles. The smallest absolute Gasteiger partial charge is 0.336 e. The summed E-state index contributed by atoms with van der Waals surface area (Å²) < 4.78 is 15.3. The summed E-state index contributed by atoms with van der Waals surface area (Å²) in [6, 6.07) is 6.91. The Labute approximate surface area is 183 Å². The third kappa shape index (κ3) is 10.6. The molecule has 0 atom stereocenters. The number of benzene rings is 1. The van der Waals surface area contributed by atoms with Crippen molar-refractivity contribution in [1.29, 1.82) is 0 Å². The van der Waals surface area contributed by atoms with E-state index in [0.717, 1.165) is 11.6 Å². The van der Waals surface area contributed by atoms with E-state index in [2.05, 4.69) is 13.2 Å². The molecule has 0 unspecified atom stereocenters. The maximum atomic E-state index is 12.0. The Morgan fingerprint density at radius 2 is 1.65 bits per heavy atom. The van der Waals surface area contributed by atoms with Gasteiger partial charge < -0.3 is 14.2 Å². The lowest BCUT2D eigenvalue weighted by molar-refractivity contribution is -0.142. The van der Waals surface area contributed by atoms with E-state index in [0.29, 0.717) is 17.7 Å². The number of hydrogen-bond acceptors (Lipinski definition) is 6. The molecule has 1 aromatic carbocycles. The lowest BCUT2D eigenvalue weighted by Crippen LogP contribution is -2.10. The molecule has 0 amide bonds. The summed E-state index contributed by atoms with van der Waals surface area (Å²) in [4.78, 5) is 34.6. The first kappa shape index (κ1) is 25.4. The minimum absolute atomic E-state index is 0.216. The van der Waals surface area contributed by atoms with Crippen LogP contribution >= 0.6 is 0 Å². The Morgan fingerprint density at radius 1 is 1.00 bits per heavy atom. The Morgan fingerprint density at radius 3 is 2.23 bits per heavy atom. The second-order valence-corrected chi connectivity index (χ2v) is 6.68. The molecule has 0 aromatic heterocycles. The monoisotopic (exact) mass is 424 g/mol. The lowest BCUT2D eigenvalue weighted by atomic mass is 10.1. The molecule has 31 heavy (non-hydrogen) atoms. The van der Waals surface area contributed by atoms with Crippen molar-refractivity contribution in [3.8, 4) is 5.75 Å². The third-order valence-corrected chi connectivity index (χ3v) is 3.85. The van der Waals surface area contributed by atoms with Crippen molar-refractivity contribution < 1.29 is 28.6 Å². The molecule has 6 heteroatoms. The van der Waals surface area contributed by atoms with E-state index in [-0.39, 0.29) is 24.3 Å². The number of hydrogen-bond donors (Lipinski definition) is 0. The van der Waals surface area contributed by atoms with Gasteiger partial charge in [-0.1, -0.05) is 51.3 Å². The summed E-state index contributed by atoms with van der Waals surface area (Å²) in [6.07, 6.45) is 9.55. The van der Waals surface area contributed by atoms with Crippen molar-refractivity contribution in [3.63, 3.8) is 0 Å². The fraction of sp³-hybridized carbons (Fsp3) is 0.240. The average Bonchev–Trinajstić information content (AvgIpc) is 2.74. The number of allylic oxidation sites excluding steroid dienone is 5. The van der Waals surface area contributed by atoms with Gasteiger partial charge in [-0.25, -0.2) is 9.59 Å². The molecule has 0 radical (unpaired) electrons. The van der Waals surface area contributed by atoms with Gasteiger partial charge in [-0.05, 0) is 42.3 Å². The molecule has 1 rings (SSSR count). The van der Waals surface area contributed by atoms with Crippen LogP contribution in [-0.2, 0) is 30.3 Å². The molecule has 0 aliphatic heterocycles. The summed E-state index contributed by atoms with van der Waals surface area (Å²) in [6.45, 7) is 12.5. The van der Waals surface area contributed by atoms with Crippen LogP contribution < -0.4 is 4.74 Å². The summed E-state index contributed by atoms with van der Waals surface area (Å²) in [7, 11) is 0. The zero-order valence-electron chi connectivity index (χ0n) is 18.1. The first-order valence-corrected chi connectivity index (χ1v) is 9.78. The standard InChI is InChI=1S/C25H28O6/c1-6-20(9-8-19(5)30-25(28)18(3)4)12-15-24(27)31-22-13-10-21(11-14-22)16-17-29-23(26)7-2/h6-15,18H,2,5,16-17H2,1,3-4H3/b9-8-,15-12+,20-6+. The number of ether oxygens (including phenoxy) is 3. The van der Waals surface area contributed by atoms with E-state index in [1.165, 1.54) is 6.08 Å². The number of carbonyl (C=O) groups excluding carboxylic acids is 3. The summed E-state index contributed by atoms with van der Waals surface area (Å²) in [5.74, 6) is -0.995. The summed E-state index contributed by atoms with van der Waals surface area (Å²) >= 11 is 0. The van der Waals surface area contributed by atoms with Gasteiger partial charge in [-0.15, -0.1) is 0 Å². The van der Waals surface area contributed by atoms with Gasteiger partial charge in [0.1, 0.15) is 11.5 Å². The van der Waals surface area contributed by atoms with Crippen LogP contribution in [0.1, 0.15) is 26.3 Å². The van der Waals surface area contributed by atoms with Gasteiger partial charge in [0.15, 0.2) is 0 Å². The minimum Gasteiger partial charge on any atom is -0.462 e. The van der Waals surface area contributed by atoms with E-state index in [1.54, 1.807) is 62.4 Å². The van der Waals surface area contributed by atoms with E-state index < -0.39 is 11.9 Å². The number of esters is 3. The van der Waals surface area contributed by atoms with Crippen LogP contribution in [-0.4, -0.2) is 24.5 Å². The van der Waals surface area contributed by atoms with Crippen LogP contribution in [0.25, 0.3) is 0 Å². The van der Waals surface area contributed by atoms with E-state index in [4.69, 9.17) is 14.2 Å². The van der Waals surface area contributed by atoms with Gasteiger partial charge in [0.2, 0.25) is 0 Å². The van der Waals surface area contributed by atoms with Crippen molar-refractivity contribution in [2.24, 2.45) is 5.92 Å². The summed E-state index contributed by atoms with van der Waals surface area (Å²) in [5, 5.41) is 0. The van der Waals surface area contributed by atoms with E-state index in [1.807, 2.05) is 6.92 Å². The lowest BCUT2D eigenvalue weighted by Gasteiger charge is -2.05. The van der Waals surface area contributed by atoms with E-state index in [9.17, 15) is 14.4 Å². The summed E-state index contributed by atoms with van der Waals surface area (Å²) in [5.41, 5.74) is 1.65. The Kier molecular flexibility index (Phi) is 11.1. The van der Waals surface area contributed by atoms with Gasteiger partial charge in [-0.2, -0.15) is 0 Å². The average molecular weight is 424 g/mol. The van der Waals surface area contributed by atoms with Gasteiger partial charge in [0.25, 0.3) is 0 Å². The molecule has 1 aromatic rings. The molecule has 6 nitrogen and oxygen atoms in total. The Hall–Kier alpha value is -3.67. The predicted octanol–water partition coefficient (Wildman–Crippen LogP) is 4.64. The van der Waals surface area contributed by atoms with Crippen molar-refractivity contribution in [2.75, 3.05) is 6.61 Å². The SMILES string of the molecule is C=CC(=O)OCCc1ccc(OC(=O)/C=C/C(/C=C\C(=C)OC(=O)C(C)C)=C/C)cc1. The maximum Gasteiger partial charge on any atom is 0.336 e. The van der Waals surface area contributed by atoms with Gasteiger partial charge in [0.05, 0.1) is 12.5 Å². The first-order chi connectivity index (χ1) is 14.7. The van der Waals surface area contributed by atoms with Crippen LogP contribution in [0.2, 0.25) is 0 Å². The van der Waals surface area contributed by atoms with Crippen molar-refractivity contribution in [2.45, 2.75) is 27.2 Å². The molecule has 0 saturated heterocycles. The second kappa shape index (κ2) is 13.5. The molecular formula is C25H28O6. The maximum absolute atomic E-state index is 12.0. The topological polar surface area (TPSA) is 78.9 Å². The first-order valence-electron chi connectivity index (χ1n) is 9.78. The fourth-order valence-corrected chi connectivity index (χ4v) is 2.09. The van der Waals surface area contributed by atoms with Crippen LogP contribution in [0, 0.1) is 5.92 Å². The van der Waals surface area contributed by atoms with Gasteiger partial charge in [-0.3, -0.25) is 4.79 Å². The Bertz CT molecular complexity index is 885. The third-order valence-electron chi connectivity index (χ3n) is 3.85. The highest BCUT2D eigenvalue weighted by Crippen LogP contribution is 2.14. The van der Waals surface area contributed by atoms with Crippen LogP contribution in [0.5, 0.6) is 5.75 Å². The molecule has 0 aliphatic carbocycles. The van der Waals surface area contributed by atoms with Crippen LogP contribution in [0.15, 0.2) is 85.2 Å². The highest BCUT2D eigenvalue weighted by atomic mass is 16.5. The molecule has 0 fully saturated rings. The van der Waals surface area contributed by atoms with Crippen LogP contribution in [0.4, 0.5) is 0 Å². The highest BCUT2D eigenvalue weighted by Gasteiger charge is 2.08. The van der Waals surface area contributed by atoms with Crippen LogP contribution in [0.3, 0.4) is 0 Å². The minimum atomic E-state index is -0.537. The molecule has 164 valence electrons. The highest BCUT2D eigenvalue weighted by molar-refractivity contribution is 5.84. The quantitative estimate of drug-likeness (QED) is 0.169. The second-order valence-electron chi connectivity index (χ2n) is 6.68. The van der Waals surface area contributed by atoms with Crippen molar-refractivity contribution >= 4 is 17.9 Å².